The van der Waals surface area contributed by atoms with Crippen LogP contribution in [0.5, 0.6) is 5.75 Å². The summed E-state index contributed by atoms with van der Waals surface area (Å²) in [6, 6.07) is 3.77. The second-order valence-electron chi connectivity index (χ2n) is 3.06. The molecule has 3 heteroatoms. The van der Waals surface area contributed by atoms with Crippen LogP contribution in [0.4, 0.5) is 0 Å². The zero-order chi connectivity index (χ0) is 9.42. The van der Waals surface area contributed by atoms with Crippen LogP contribution >= 0.6 is 15.9 Å². The molecule has 2 rings (SSSR count). The number of ether oxygens (including phenoxy) is 1. The van der Waals surface area contributed by atoms with E-state index in [4.69, 9.17) is 4.74 Å². The van der Waals surface area contributed by atoms with Crippen LogP contribution in [0.25, 0.3) is 0 Å². The number of carbonyl (C=O) groups is 1. The highest BCUT2D eigenvalue weighted by molar-refractivity contribution is 9.10. The fourth-order valence-electron chi connectivity index (χ4n) is 1.67. The Labute approximate surface area is 85.0 Å². The zero-order valence-corrected chi connectivity index (χ0v) is 8.85. The number of halogens is 1. The Kier molecular flexibility index (Phi) is 2.12. The first-order valence-corrected chi connectivity index (χ1v) is 4.91. The first-order valence-electron chi connectivity index (χ1n) is 4.12. The van der Waals surface area contributed by atoms with Gasteiger partial charge >= 0.3 is 0 Å². The van der Waals surface area contributed by atoms with Gasteiger partial charge < -0.3 is 4.74 Å². The van der Waals surface area contributed by atoms with Gasteiger partial charge in [0, 0.05) is 22.0 Å². The molecule has 0 heterocycles. The van der Waals surface area contributed by atoms with Gasteiger partial charge in [0.2, 0.25) is 0 Å². The van der Waals surface area contributed by atoms with Gasteiger partial charge in [-0.15, -0.1) is 0 Å². The number of fused-ring (bicyclic) bond motifs is 1. The van der Waals surface area contributed by atoms with Gasteiger partial charge in [0.1, 0.15) is 5.75 Å². The summed E-state index contributed by atoms with van der Waals surface area (Å²) in [6.07, 6.45) is 1.42. The summed E-state index contributed by atoms with van der Waals surface area (Å²) in [5.41, 5.74) is 1.86. The summed E-state index contributed by atoms with van der Waals surface area (Å²) in [7, 11) is 1.63. The van der Waals surface area contributed by atoms with Crippen molar-refractivity contribution in [2.24, 2.45) is 0 Å². The van der Waals surface area contributed by atoms with Gasteiger partial charge in [-0.2, -0.15) is 0 Å². The second-order valence-corrected chi connectivity index (χ2v) is 3.97. The molecule has 0 atom stereocenters. The van der Waals surface area contributed by atoms with Crippen LogP contribution in [-0.4, -0.2) is 12.9 Å². The number of hydrogen-bond donors (Lipinski definition) is 0. The molecule has 0 saturated heterocycles. The van der Waals surface area contributed by atoms with Gasteiger partial charge in [-0.05, 0) is 18.6 Å². The van der Waals surface area contributed by atoms with E-state index in [0.29, 0.717) is 6.42 Å². The van der Waals surface area contributed by atoms with E-state index >= 15 is 0 Å². The number of methoxy groups -OCH3 is 1. The van der Waals surface area contributed by atoms with Crippen molar-refractivity contribution in [2.45, 2.75) is 12.8 Å². The Morgan fingerprint density at radius 1 is 1.38 bits per heavy atom. The van der Waals surface area contributed by atoms with Gasteiger partial charge in [-0.1, -0.05) is 15.9 Å². The summed E-state index contributed by atoms with van der Waals surface area (Å²) >= 11 is 3.35. The van der Waals surface area contributed by atoms with Gasteiger partial charge in [0.05, 0.1) is 7.11 Å². The molecule has 0 saturated carbocycles. The standard InChI is InChI=1S/C10H9BrO2/c1-13-10-5-6(11)4-8-7(10)2-3-9(8)12/h4-5H,2-3H2,1H3. The molecule has 0 amide bonds. The minimum atomic E-state index is 0.217. The van der Waals surface area contributed by atoms with Crippen LogP contribution in [-0.2, 0) is 6.42 Å². The van der Waals surface area contributed by atoms with E-state index in [1.54, 1.807) is 7.11 Å². The fraction of sp³-hybridized carbons (Fsp3) is 0.300. The Bertz CT molecular complexity index is 371. The SMILES string of the molecule is COc1cc(Br)cc2c1CCC2=O. The molecule has 68 valence electrons. The third-order valence-electron chi connectivity index (χ3n) is 2.30. The summed E-state index contributed by atoms with van der Waals surface area (Å²) in [5, 5.41) is 0. The number of rotatable bonds is 1. The first kappa shape index (κ1) is 8.75. The van der Waals surface area contributed by atoms with Crippen molar-refractivity contribution < 1.29 is 9.53 Å². The maximum absolute atomic E-state index is 11.4. The van der Waals surface area contributed by atoms with Crippen molar-refractivity contribution in [1.29, 1.82) is 0 Å². The van der Waals surface area contributed by atoms with E-state index in [-0.39, 0.29) is 5.78 Å². The van der Waals surface area contributed by atoms with Crippen LogP contribution in [0.2, 0.25) is 0 Å². The summed E-state index contributed by atoms with van der Waals surface area (Å²) in [6.45, 7) is 0. The van der Waals surface area contributed by atoms with Crippen molar-refractivity contribution in [1.82, 2.24) is 0 Å². The molecule has 0 aromatic heterocycles. The van der Waals surface area contributed by atoms with E-state index in [2.05, 4.69) is 15.9 Å². The highest BCUT2D eigenvalue weighted by Crippen LogP contribution is 2.33. The van der Waals surface area contributed by atoms with Crippen molar-refractivity contribution in [3.63, 3.8) is 0 Å². The number of carbonyl (C=O) groups excluding carboxylic acids is 1. The lowest BCUT2D eigenvalue weighted by Crippen LogP contribution is -1.94. The maximum Gasteiger partial charge on any atom is 0.163 e. The Balaban J connectivity index is 2.63. The predicted molar refractivity (Wildman–Crippen MR) is 53.3 cm³/mol. The molecule has 0 N–H and O–H groups in total. The summed E-state index contributed by atoms with van der Waals surface area (Å²) < 4.78 is 6.11. The van der Waals surface area contributed by atoms with E-state index in [1.807, 2.05) is 12.1 Å². The molecule has 0 radical (unpaired) electrons. The number of Topliss-reactive ketones (excluding diaryl/α,β-unsaturated/α-hetero) is 1. The predicted octanol–water partition coefficient (Wildman–Crippen LogP) is 2.59. The quantitative estimate of drug-likeness (QED) is 0.755. The highest BCUT2D eigenvalue weighted by atomic mass is 79.9. The monoisotopic (exact) mass is 240 g/mol. The van der Waals surface area contributed by atoms with Crippen molar-refractivity contribution >= 4 is 21.7 Å². The lowest BCUT2D eigenvalue weighted by Gasteiger charge is -2.06. The number of benzene rings is 1. The average Bonchev–Trinajstić information content (AvgIpc) is 2.47. The number of hydrogen-bond acceptors (Lipinski definition) is 2. The molecule has 0 fully saturated rings. The van der Waals surface area contributed by atoms with Crippen LogP contribution in [0, 0.1) is 0 Å². The Morgan fingerprint density at radius 3 is 2.85 bits per heavy atom. The van der Waals surface area contributed by atoms with Gasteiger partial charge in [0.15, 0.2) is 5.78 Å². The largest absolute Gasteiger partial charge is 0.496 e. The highest BCUT2D eigenvalue weighted by Gasteiger charge is 2.23. The topological polar surface area (TPSA) is 26.3 Å². The average molecular weight is 241 g/mol. The molecule has 1 aliphatic rings. The Morgan fingerprint density at radius 2 is 2.15 bits per heavy atom. The molecule has 1 aromatic rings. The van der Waals surface area contributed by atoms with E-state index < -0.39 is 0 Å². The van der Waals surface area contributed by atoms with E-state index in [9.17, 15) is 4.79 Å². The van der Waals surface area contributed by atoms with Gasteiger partial charge in [0.25, 0.3) is 0 Å². The lowest BCUT2D eigenvalue weighted by atomic mass is 10.1. The fourth-order valence-corrected chi connectivity index (χ4v) is 2.11. The van der Waals surface area contributed by atoms with Gasteiger partial charge in [-0.25, -0.2) is 0 Å². The molecule has 0 spiro atoms. The van der Waals surface area contributed by atoms with Crippen LogP contribution in [0.1, 0.15) is 22.3 Å². The van der Waals surface area contributed by atoms with Crippen LogP contribution < -0.4 is 4.74 Å². The van der Waals surface area contributed by atoms with Gasteiger partial charge in [-0.3, -0.25) is 4.79 Å². The Hall–Kier alpha value is -0.830. The molecule has 1 aromatic carbocycles. The molecular formula is C10H9BrO2. The van der Waals surface area contributed by atoms with Crippen LogP contribution in [0.3, 0.4) is 0 Å². The first-order chi connectivity index (χ1) is 6.22. The van der Waals surface area contributed by atoms with E-state index in [0.717, 1.165) is 27.8 Å². The minimum Gasteiger partial charge on any atom is -0.496 e. The third kappa shape index (κ3) is 1.37. The smallest absolute Gasteiger partial charge is 0.163 e. The van der Waals surface area contributed by atoms with Crippen molar-refractivity contribution in [2.75, 3.05) is 7.11 Å². The summed E-state index contributed by atoms with van der Waals surface area (Å²) in [5.74, 6) is 1.03. The van der Waals surface area contributed by atoms with Crippen molar-refractivity contribution in [3.05, 3.63) is 27.7 Å². The number of ketones is 1. The van der Waals surface area contributed by atoms with Crippen molar-refractivity contribution in [3.8, 4) is 5.75 Å². The molecule has 1 aliphatic carbocycles. The molecule has 0 unspecified atom stereocenters. The molecule has 2 nitrogen and oxygen atoms in total. The molecule has 0 bridgehead atoms. The third-order valence-corrected chi connectivity index (χ3v) is 2.75. The zero-order valence-electron chi connectivity index (χ0n) is 7.26. The maximum atomic E-state index is 11.4. The second kappa shape index (κ2) is 3.14. The normalized spacial score (nSPS) is 14.5. The minimum absolute atomic E-state index is 0.217. The summed E-state index contributed by atoms with van der Waals surface area (Å²) in [4.78, 5) is 11.4. The van der Waals surface area contributed by atoms with Crippen LogP contribution in [0.15, 0.2) is 16.6 Å². The lowest BCUT2D eigenvalue weighted by molar-refractivity contribution is 0.0994. The van der Waals surface area contributed by atoms with E-state index in [1.165, 1.54) is 0 Å². The molecule has 0 aliphatic heterocycles. The molecular weight excluding hydrogens is 232 g/mol. The molecule has 13 heavy (non-hydrogen) atoms.